The summed E-state index contributed by atoms with van der Waals surface area (Å²) in [4.78, 5) is 2.48. The van der Waals surface area contributed by atoms with Crippen LogP contribution < -0.4 is 4.90 Å². The maximum atomic E-state index is 2.48. The average Bonchev–Trinajstić information content (AvgIpc) is 3.28. The number of rotatable bonds is 6. The summed E-state index contributed by atoms with van der Waals surface area (Å²) in [5.41, 5.74) is 30.7. The fraction of sp³-hybridized carbons (Fsp3) is 0.0649. The Labute approximate surface area is 457 Å². The molecule has 366 valence electrons. The van der Waals surface area contributed by atoms with E-state index in [-0.39, 0.29) is 5.41 Å². The van der Waals surface area contributed by atoms with Crippen molar-refractivity contribution in [3.63, 3.8) is 0 Å². The summed E-state index contributed by atoms with van der Waals surface area (Å²) in [6.07, 6.45) is 0. The topological polar surface area (TPSA) is 3.24 Å². The van der Waals surface area contributed by atoms with E-state index in [4.69, 9.17) is 0 Å². The predicted molar refractivity (Wildman–Crippen MR) is 323 cm³/mol. The van der Waals surface area contributed by atoms with Crippen LogP contribution in [-0.4, -0.2) is 0 Å². The van der Waals surface area contributed by atoms with Crippen LogP contribution in [0.2, 0.25) is 0 Å². The molecule has 0 saturated heterocycles. The van der Waals surface area contributed by atoms with Gasteiger partial charge in [0.2, 0.25) is 0 Å². The van der Waals surface area contributed by atoms with Crippen LogP contribution in [0.15, 0.2) is 285 Å². The molecular formula is C77H53N. The van der Waals surface area contributed by atoms with Crippen molar-refractivity contribution in [3.8, 4) is 66.8 Å². The summed E-state index contributed by atoms with van der Waals surface area (Å²) >= 11 is 0. The van der Waals surface area contributed by atoms with Crippen molar-refractivity contribution in [2.24, 2.45) is 0 Å². The highest BCUT2D eigenvalue weighted by Crippen LogP contribution is 2.68. The molecule has 0 atom stereocenters. The molecule has 12 aromatic rings. The zero-order valence-electron chi connectivity index (χ0n) is 43.6. The Morgan fingerprint density at radius 3 is 1.22 bits per heavy atom. The van der Waals surface area contributed by atoms with E-state index in [0.29, 0.717) is 0 Å². The zero-order valence-corrected chi connectivity index (χ0v) is 43.6. The first-order chi connectivity index (χ1) is 38.5. The van der Waals surface area contributed by atoms with Crippen LogP contribution in [0.3, 0.4) is 0 Å². The molecule has 1 heteroatoms. The van der Waals surface area contributed by atoms with Crippen LogP contribution in [0.4, 0.5) is 17.1 Å². The Bertz CT molecular complexity index is 4310. The number of hydrogen-bond acceptors (Lipinski definition) is 1. The van der Waals surface area contributed by atoms with Gasteiger partial charge < -0.3 is 4.90 Å². The highest BCUT2D eigenvalue weighted by molar-refractivity contribution is 5.99. The molecule has 0 aromatic heterocycles. The molecule has 0 N–H and O–H groups in total. The fourth-order valence-corrected chi connectivity index (χ4v) is 15.0. The van der Waals surface area contributed by atoms with Crippen LogP contribution in [0.5, 0.6) is 0 Å². The van der Waals surface area contributed by atoms with Crippen molar-refractivity contribution in [1.82, 2.24) is 0 Å². The lowest BCUT2D eigenvalue weighted by Gasteiger charge is -2.48. The molecule has 4 aliphatic rings. The summed E-state index contributed by atoms with van der Waals surface area (Å²) in [7, 11) is 0. The van der Waals surface area contributed by atoms with E-state index >= 15 is 0 Å². The minimum atomic E-state index is -0.561. The summed E-state index contributed by atoms with van der Waals surface area (Å²) < 4.78 is 0. The number of para-hydroxylation sites is 1. The van der Waals surface area contributed by atoms with Gasteiger partial charge in [-0.05, 0) is 153 Å². The van der Waals surface area contributed by atoms with Gasteiger partial charge >= 0.3 is 0 Å². The summed E-state index contributed by atoms with van der Waals surface area (Å²) in [5, 5.41) is 0. The predicted octanol–water partition coefficient (Wildman–Crippen LogP) is 19.5. The van der Waals surface area contributed by atoms with Crippen molar-refractivity contribution < 1.29 is 0 Å². The van der Waals surface area contributed by atoms with Crippen molar-refractivity contribution in [1.29, 1.82) is 0 Å². The normalized spacial score (nSPS) is 14.6. The van der Waals surface area contributed by atoms with Crippen LogP contribution >= 0.6 is 0 Å². The molecule has 12 aromatic carbocycles. The number of fused-ring (bicyclic) bond motifs is 19. The third-order valence-corrected chi connectivity index (χ3v) is 18.2. The van der Waals surface area contributed by atoms with E-state index in [1.807, 2.05) is 0 Å². The van der Waals surface area contributed by atoms with Gasteiger partial charge in [-0.3, -0.25) is 0 Å². The molecule has 0 radical (unpaired) electrons. The minimum absolute atomic E-state index is 0.215. The van der Waals surface area contributed by atoms with E-state index in [2.05, 4.69) is 304 Å². The second-order valence-electron chi connectivity index (χ2n) is 22.2. The van der Waals surface area contributed by atoms with Crippen molar-refractivity contribution in [3.05, 3.63) is 341 Å². The molecule has 0 bridgehead atoms. The second kappa shape index (κ2) is 16.7. The Morgan fingerprint density at radius 1 is 0.231 bits per heavy atom. The Hall–Kier alpha value is -9.56. The molecule has 78 heavy (non-hydrogen) atoms. The summed E-state index contributed by atoms with van der Waals surface area (Å²) in [5.74, 6) is 0. The van der Waals surface area contributed by atoms with Crippen LogP contribution in [-0.2, 0) is 16.2 Å². The van der Waals surface area contributed by atoms with Crippen LogP contribution in [0, 0.1) is 0 Å². The lowest BCUT2D eigenvalue weighted by atomic mass is 9.52. The molecule has 0 amide bonds. The molecule has 0 unspecified atom stereocenters. The van der Waals surface area contributed by atoms with E-state index < -0.39 is 10.8 Å². The van der Waals surface area contributed by atoms with E-state index in [1.165, 1.54) is 122 Å². The monoisotopic (exact) mass is 991 g/mol. The number of anilines is 3. The minimum Gasteiger partial charge on any atom is -0.310 e. The van der Waals surface area contributed by atoms with Gasteiger partial charge in [-0.1, -0.05) is 263 Å². The Morgan fingerprint density at radius 2 is 0.615 bits per heavy atom. The third kappa shape index (κ3) is 5.96. The Balaban J connectivity index is 0.865. The largest absolute Gasteiger partial charge is 0.310 e. The molecule has 2 spiro atoms. The summed E-state index contributed by atoms with van der Waals surface area (Å²) in [6.45, 7) is 4.78. The number of nitrogens with zero attached hydrogens (tertiary/aromatic N) is 1. The molecule has 4 aliphatic carbocycles. The number of benzene rings is 12. The van der Waals surface area contributed by atoms with Gasteiger partial charge in [0.15, 0.2) is 0 Å². The van der Waals surface area contributed by atoms with E-state index in [9.17, 15) is 0 Å². The third-order valence-electron chi connectivity index (χ3n) is 18.2. The first-order valence-corrected chi connectivity index (χ1v) is 27.5. The van der Waals surface area contributed by atoms with Crippen molar-refractivity contribution in [2.75, 3.05) is 4.90 Å². The standard InChI is InChI=1S/C77H53N/c1-75(2)71-48-53(50-22-5-3-6-23-50)42-46-60(71)61-47-45-55(49-72(61)75)78(73-39-20-12-26-56(73)51-24-7-4-8-25-51)54-43-40-52(41-44-54)57-30-21-38-70-74(57)62-29-11-15-33-65(62)77(70)68-36-18-16-34-66(68)76(67-35-17-19-37-69(67)77)63-31-13-9-27-58(63)59-28-10-14-32-64(59)76/h3-49H,1-2H3. The van der Waals surface area contributed by atoms with Crippen LogP contribution in [0.25, 0.3) is 66.8 Å². The Kier molecular flexibility index (Phi) is 9.58. The first-order valence-electron chi connectivity index (χ1n) is 27.5. The highest BCUT2D eigenvalue weighted by Gasteiger charge is 2.59. The van der Waals surface area contributed by atoms with Gasteiger partial charge in [0.25, 0.3) is 0 Å². The van der Waals surface area contributed by atoms with Gasteiger partial charge in [-0.15, -0.1) is 0 Å². The molecule has 0 fully saturated rings. The van der Waals surface area contributed by atoms with Crippen LogP contribution in [0.1, 0.15) is 69.5 Å². The van der Waals surface area contributed by atoms with Crippen molar-refractivity contribution in [2.45, 2.75) is 30.1 Å². The van der Waals surface area contributed by atoms with Gasteiger partial charge in [-0.2, -0.15) is 0 Å². The average molecular weight is 992 g/mol. The smallest absolute Gasteiger partial charge is 0.0720 e. The lowest BCUT2D eigenvalue weighted by Crippen LogP contribution is -2.43. The molecule has 0 saturated carbocycles. The SMILES string of the molecule is CC1(C)c2cc(-c3ccccc3)ccc2-c2ccc(N(c3ccc(-c4cccc5c4-c4ccccc4C54c5ccccc5C5(c6ccccc6-c6ccccc65)c5ccccc54)cc3)c3ccccc3-c3ccccc3)cc21. The van der Waals surface area contributed by atoms with Gasteiger partial charge in [0.1, 0.15) is 0 Å². The highest BCUT2D eigenvalue weighted by atomic mass is 15.1. The molecular weight excluding hydrogens is 939 g/mol. The molecule has 0 heterocycles. The summed E-state index contributed by atoms with van der Waals surface area (Å²) in [6, 6.07) is 107. The second-order valence-corrected chi connectivity index (χ2v) is 22.2. The van der Waals surface area contributed by atoms with Gasteiger partial charge in [0, 0.05) is 22.4 Å². The quantitative estimate of drug-likeness (QED) is 0.160. The first kappa shape index (κ1) is 44.7. The van der Waals surface area contributed by atoms with Gasteiger partial charge in [-0.25, -0.2) is 0 Å². The molecule has 16 rings (SSSR count). The maximum absolute atomic E-state index is 2.48. The molecule has 0 aliphatic heterocycles. The van der Waals surface area contributed by atoms with Crippen molar-refractivity contribution >= 4 is 17.1 Å². The lowest BCUT2D eigenvalue weighted by molar-refractivity contribution is 0.633. The van der Waals surface area contributed by atoms with E-state index in [1.54, 1.807) is 0 Å². The number of hydrogen-bond donors (Lipinski definition) is 0. The van der Waals surface area contributed by atoms with Gasteiger partial charge in [0.05, 0.1) is 16.5 Å². The molecule has 1 nitrogen and oxygen atoms in total. The zero-order chi connectivity index (χ0) is 51.7. The van der Waals surface area contributed by atoms with E-state index in [0.717, 1.165) is 17.1 Å². The maximum Gasteiger partial charge on any atom is 0.0720 e. The fourth-order valence-electron chi connectivity index (χ4n) is 15.0.